The molecule has 0 unspecified atom stereocenters. The lowest BCUT2D eigenvalue weighted by Crippen LogP contribution is -2.50. The summed E-state index contributed by atoms with van der Waals surface area (Å²) in [5, 5.41) is 2.30. The first-order valence-corrected chi connectivity index (χ1v) is 9.93. The summed E-state index contributed by atoms with van der Waals surface area (Å²) in [5.41, 5.74) is 0.566. The van der Waals surface area contributed by atoms with Gasteiger partial charge in [-0.1, -0.05) is 0 Å². The number of rotatable bonds is 5. The molecule has 0 radical (unpaired) electrons. The van der Waals surface area contributed by atoms with Gasteiger partial charge < -0.3 is 14.6 Å². The predicted octanol–water partition coefficient (Wildman–Crippen LogP) is 1.79. The molecule has 0 spiro atoms. The molecule has 140 valence electrons. The van der Waals surface area contributed by atoms with Crippen molar-refractivity contribution in [1.82, 2.24) is 9.29 Å². The van der Waals surface area contributed by atoms with Crippen LogP contribution in [0.2, 0.25) is 0 Å². The van der Waals surface area contributed by atoms with Crippen molar-refractivity contribution in [3.8, 4) is 0 Å². The van der Waals surface area contributed by atoms with Crippen LogP contribution in [0.25, 0.3) is 0 Å². The van der Waals surface area contributed by atoms with Crippen LogP contribution in [0.4, 0.5) is 11.5 Å². The number of furan rings is 1. The van der Waals surface area contributed by atoms with Gasteiger partial charge in [-0.3, -0.25) is 4.79 Å². The van der Waals surface area contributed by atoms with Gasteiger partial charge >= 0.3 is 0 Å². The first kappa shape index (κ1) is 18.4. The number of carbonyl (C=O) groups is 1. The zero-order chi connectivity index (χ0) is 18.7. The number of hydrogen-bond donors (Lipinski definition) is 1. The van der Waals surface area contributed by atoms with Crippen LogP contribution in [0, 0.1) is 0 Å². The highest BCUT2D eigenvalue weighted by atomic mass is 32.2. The van der Waals surface area contributed by atoms with E-state index in [4.69, 9.17) is 4.42 Å². The van der Waals surface area contributed by atoms with Crippen molar-refractivity contribution in [2.45, 2.75) is 19.1 Å². The van der Waals surface area contributed by atoms with E-state index in [0.29, 0.717) is 31.9 Å². The van der Waals surface area contributed by atoms with Crippen LogP contribution < -0.4 is 10.2 Å². The smallest absolute Gasteiger partial charge is 0.291 e. The van der Waals surface area contributed by atoms with E-state index in [1.165, 1.54) is 10.6 Å². The molecule has 3 heterocycles. The lowest BCUT2D eigenvalue weighted by atomic mass is 10.3. The fourth-order valence-electron chi connectivity index (χ4n) is 2.72. The number of nitrogens with one attached hydrogen (secondary N) is 1. The maximum Gasteiger partial charge on any atom is 0.291 e. The number of pyridine rings is 1. The fraction of sp³-hybridized carbons (Fsp3) is 0.412. The van der Waals surface area contributed by atoms with Crippen LogP contribution in [-0.4, -0.2) is 55.0 Å². The molecule has 0 aliphatic carbocycles. The van der Waals surface area contributed by atoms with Gasteiger partial charge in [-0.25, -0.2) is 13.4 Å². The molecule has 0 atom stereocenters. The number of amides is 1. The first-order valence-electron chi connectivity index (χ1n) is 8.43. The number of carbonyl (C=O) groups excluding carboxylic acids is 1. The molecule has 3 rings (SSSR count). The minimum atomic E-state index is -3.22. The van der Waals surface area contributed by atoms with E-state index in [1.54, 1.807) is 38.2 Å². The third-order valence-corrected chi connectivity index (χ3v) is 6.55. The standard InChI is InChI=1S/C17H22N4O4S/c1-13(2)26(23,24)21-9-7-20(8-10-21)16-6-5-14(12-18-16)19-17(22)15-4-3-11-25-15/h3-6,11-13H,7-10H2,1-2H3,(H,19,22). The van der Waals surface area contributed by atoms with E-state index < -0.39 is 15.3 Å². The summed E-state index contributed by atoms with van der Waals surface area (Å²) in [5.74, 6) is 0.649. The maximum absolute atomic E-state index is 12.2. The van der Waals surface area contributed by atoms with Crippen LogP contribution >= 0.6 is 0 Å². The number of hydrogen-bond acceptors (Lipinski definition) is 6. The van der Waals surface area contributed by atoms with E-state index in [1.807, 2.05) is 11.0 Å². The fourth-order valence-corrected chi connectivity index (χ4v) is 3.99. The predicted molar refractivity (Wildman–Crippen MR) is 98.7 cm³/mol. The van der Waals surface area contributed by atoms with Crippen LogP contribution in [0.3, 0.4) is 0 Å². The average Bonchev–Trinajstić information content (AvgIpc) is 3.17. The SMILES string of the molecule is CC(C)S(=O)(=O)N1CCN(c2ccc(NC(=O)c3ccco3)cn2)CC1. The lowest BCUT2D eigenvalue weighted by molar-refractivity contribution is 0.0996. The molecule has 1 saturated heterocycles. The Hall–Kier alpha value is -2.39. The summed E-state index contributed by atoms with van der Waals surface area (Å²) in [6.45, 7) is 5.43. The largest absolute Gasteiger partial charge is 0.459 e. The first-order chi connectivity index (χ1) is 12.4. The molecule has 1 N–H and O–H groups in total. The minimum Gasteiger partial charge on any atom is -0.459 e. The van der Waals surface area contributed by atoms with E-state index in [9.17, 15) is 13.2 Å². The Morgan fingerprint density at radius 2 is 1.92 bits per heavy atom. The number of aromatic nitrogens is 1. The third-order valence-electron chi connectivity index (χ3n) is 4.27. The van der Waals surface area contributed by atoms with Crippen LogP contribution in [0.5, 0.6) is 0 Å². The molecule has 0 aromatic carbocycles. The zero-order valence-corrected chi connectivity index (χ0v) is 15.6. The number of sulfonamides is 1. The monoisotopic (exact) mass is 378 g/mol. The van der Waals surface area contributed by atoms with E-state index >= 15 is 0 Å². The zero-order valence-electron chi connectivity index (χ0n) is 14.8. The normalized spacial score (nSPS) is 16.0. The minimum absolute atomic E-state index is 0.233. The van der Waals surface area contributed by atoms with Crippen LogP contribution in [-0.2, 0) is 10.0 Å². The van der Waals surface area contributed by atoms with Crippen molar-refractivity contribution in [3.05, 3.63) is 42.5 Å². The highest BCUT2D eigenvalue weighted by molar-refractivity contribution is 7.89. The van der Waals surface area contributed by atoms with Gasteiger partial charge in [0, 0.05) is 26.2 Å². The van der Waals surface area contributed by atoms with Crippen molar-refractivity contribution >= 4 is 27.4 Å². The summed E-state index contributed by atoms with van der Waals surface area (Å²) < 4.78 is 31.0. The molecule has 0 bridgehead atoms. The summed E-state index contributed by atoms with van der Waals surface area (Å²) in [6.07, 6.45) is 3.02. The molecule has 2 aromatic heterocycles. The Balaban J connectivity index is 1.59. The molecular formula is C17H22N4O4S. The molecule has 8 nitrogen and oxygen atoms in total. The van der Waals surface area contributed by atoms with Gasteiger partial charge in [0.15, 0.2) is 5.76 Å². The van der Waals surface area contributed by atoms with E-state index in [-0.39, 0.29) is 11.7 Å². The van der Waals surface area contributed by atoms with Gasteiger partial charge in [0.2, 0.25) is 10.0 Å². The highest BCUT2D eigenvalue weighted by Crippen LogP contribution is 2.19. The van der Waals surface area contributed by atoms with Gasteiger partial charge in [0.1, 0.15) is 5.82 Å². The van der Waals surface area contributed by atoms with Gasteiger partial charge in [0.25, 0.3) is 5.91 Å². The highest BCUT2D eigenvalue weighted by Gasteiger charge is 2.29. The molecule has 9 heteroatoms. The molecule has 1 fully saturated rings. The average molecular weight is 378 g/mol. The van der Waals surface area contributed by atoms with Crippen molar-refractivity contribution in [3.63, 3.8) is 0 Å². The summed E-state index contributed by atoms with van der Waals surface area (Å²) in [4.78, 5) is 18.3. The van der Waals surface area contributed by atoms with Crippen molar-refractivity contribution in [2.75, 3.05) is 36.4 Å². The van der Waals surface area contributed by atoms with Crippen molar-refractivity contribution in [1.29, 1.82) is 0 Å². The second kappa shape index (κ2) is 7.46. The molecule has 1 aliphatic heterocycles. The molecule has 0 saturated carbocycles. The Morgan fingerprint density at radius 3 is 2.46 bits per heavy atom. The van der Waals surface area contributed by atoms with Gasteiger partial charge in [-0.2, -0.15) is 4.31 Å². The molecular weight excluding hydrogens is 356 g/mol. The summed E-state index contributed by atoms with van der Waals surface area (Å²) >= 11 is 0. The molecule has 2 aromatic rings. The molecule has 1 amide bonds. The van der Waals surface area contributed by atoms with Gasteiger partial charge in [0.05, 0.1) is 23.4 Å². The Morgan fingerprint density at radius 1 is 1.19 bits per heavy atom. The second-order valence-corrected chi connectivity index (χ2v) is 8.81. The van der Waals surface area contributed by atoms with Crippen LogP contribution in [0.1, 0.15) is 24.4 Å². The molecule has 26 heavy (non-hydrogen) atoms. The van der Waals surface area contributed by atoms with Crippen LogP contribution in [0.15, 0.2) is 41.1 Å². The number of nitrogens with zero attached hydrogens (tertiary/aromatic N) is 3. The Labute approximate surface area is 152 Å². The number of piperazine rings is 1. The quantitative estimate of drug-likeness (QED) is 0.852. The van der Waals surface area contributed by atoms with E-state index in [2.05, 4.69) is 10.3 Å². The van der Waals surface area contributed by atoms with Gasteiger partial charge in [-0.15, -0.1) is 0 Å². The Kier molecular flexibility index (Phi) is 5.28. The van der Waals surface area contributed by atoms with Crippen molar-refractivity contribution < 1.29 is 17.6 Å². The van der Waals surface area contributed by atoms with Gasteiger partial charge in [-0.05, 0) is 38.1 Å². The molecule has 1 aliphatic rings. The van der Waals surface area contributed by atoms with Crippen molar-refractivity contribution in [2.24, 2.45) is 0 Å². The maximum atomic E-state index is 12.2. The van der Waals surface area contributed by atoms with E-state index in [0.717, 1.165) is 5.82 Å². The number of anilines is 2. The summed E-state index contributed by atoms with van der Waals surface area (Å²) in [7, 11) is -3.22. The Bertz CT molecular complexity index is 839. The topological polar surface area (TPSA) is 95.8 Å². The lowest BCUT2D eigenvalue weighted by Gasteiger charge is -2.35. The second-order valence-electron chi connectivity index (χ2n) is 6.32. The third kappa shape index (κ3) is 3.88. The summed E-state index contributed by atoms with van der Waals surface area (Å²) in [6, 6.07) is 6.81.